The number of carbonyl (C=O) groups excluding carboxylic acids is 1. The van der Waals surface area contributed by atoms with Crippen LogP contribution >= 0.6 is 0 Å². The summed E-state index contributed by atoms with van der Waals surface area (Å²) >= 11 is 0. The number of aliphatic hydroxyl groups excluding tert-OH is 1. The lowest BCUT2D eigenvalue weighted by Crippen LogP contribution is -2.62. The van der Waals surface area contributed by atoms with E-state index in [1.54, 1.807) is 13.0 Å². The Labute approximate surface area is 267 Å². The minimum Gasteiger partial charge on any atom is -0.412 e. The highest BCUT2D eigenvalue weighted by Crippen LogP contribution is 2.69. The molecule has 7 nitrogen and oxygen atoms in total. The Hall–Kier alpha value is -0.613. The Kier molecular flexibility index (Phi) is 8.86. The van der Waals surface area contributed by atoms with Crippen molar-refractivity contribution in [3.05, 3.63) is 11.6 Å². The van der Waals surface area contributed by atoms with E-state index in [-0.39, 0.29) is 46.8 Å². The molecule has 5 aliphatic rings. The molecule has 252 valence electrons. The van der Waals surface area contributed by atoms with Gasteiger partial charge in [0.15, 0.2) is 19.9 Å². The van der Waals surface area contributed by atoms with E-state index < -0.39 is 36.8 Å². The van der Waals surface area contributed by atoms with Gasteiger partial charge < -0.3 is 29.2 Å². The van der Waals surface area contributed by atoms with Crippen molar-refractivity contribution in [1.29, 1.82) is 0 Å². The van der Waals surface area contributed by atoms with E-state index in [0.29, 0.717) is 32.1 Å². The van der Waals surface area contributed by atoms with E-state index in [0.717, 1.165) is 43.0 Å². The summed E-state index contributed by atoms with van der Waals surface area (Å²) in [6.07, 6.45) is 5.82. The summed E-state index contributed by atoms with van der Waals surface area (Å²) in [5.74, 6) is -0.943. The third-order valence-electron chi connectivity index (χ3n) is 13.8. The smallest absolute Gasteiger partial charge is 0.192 e. The molecule has 0 aromatic heterocycles. The third-order valence-corrected chi connectivity index (χ3v) is 18.6. The van der Waals surface area contributed by atoms with E-state index in [2.05, 4.69) is 48.5 Å². The summed E-state index contributed by atoms with van der Waals surface area (Å²) in [6.45, 7) is 20.9. The highest BCUT2D eigenvalue weighted by atomic mass is 28.4. The second kappa shape index (κ2) is 11.2. The van der Waals surface area contributed by atoms with Crippen LogP contribution in [0.25, 0.3) is 0 Å². The van der Waals surface area contributed by atoms with Crippen molar-refractivity contribution < 1.29 is 34.0 Å². The van der Waals surface area contributed by atoms with Crippen LogP contribution in [0.5, 0.6) is 0 Å². The van der Waals surface area contributed by atoms with E-state index in [1.807, 2.05) is 13.8 Å². The maximum Gasteiger partial charge on any atom is 0.192 e. The summed E-state index contributed by atoms with van der Waals surface area (Å²) in [6, 6.07) is 3.21. The molecule has 0 radical (unpaired) electrons. The normalized spacial score (nSPS) is 42.1. The molecule has 0 aromatic carbocycles. The Morgan fingerprint density at radius 2 is 1.61 bits per heavy atom. The average Bonchev–Trinajstić information content (AvgIpc) is 3.40. The summed E-state index contributed by atoms with van der Waals surface area (Å²) in [4.78, 5) is 13.8. The molecule has 1 heterocycles. The molecular formula is C36H62O7Si. The lowest BCUT2D eigenvalue weighted by atomic mass is 9.45. The molecule has 1 unspecified atom stereocenters. The van der Waals surface area contributed by atoms with Crippen LogP contribution in [0.15, 0.2) is 11.6 Å². The van der Waals surface area contributed by atoms with E-state index in [1.165, 1.54) is 0 Å². The first kappa shape index (κ1) is 34.7. The van der Waals surface area contributed by atoms with Gasteiger partial charge in [-0.05, 0) is 133 Å². The lowest BCUT2D eigenvalue weighted by molar-refractivity contribution is -0.174. The molecular weight excluding hydrogens is 572 g/mol. The first-order valence-corrected chi connectivity index (χ1v) is 20.2. The second-order valence-corrected chi connectivity index (χ2v) is 21.8. The molecule has 10 atom stereocenters. The van der Waals surface area contributed by atoms with Crippen molar-refractivity contribution in [2.45, 2.75) is 180 Å². The van der Waals surface area contributed by atoms with Gasteiger partial charge in [-0.25, -0.2) is 0 Å². The van der Waals surface area contributed by atoms with Crippen LogP contribution in [0.1, 0.15) is 121 Å². The molecule has 4 fully saturated rings. The number of ether oxygens (including phenoxy) is 2. The number of rotatable bonds is 10. The van der Waals surface area contributed by atoms with Crippen molar-refractivity contribution in [3.8, 4) is 0 Å². The number of ketones is 1. The van der Waals surface area contributed by atoms with Gasteiger partial charge in [-0.1, -0.05) is 34.6 Å². The van der Waals surface area contributed by atoms with Crippen LogP contribution < -0.4 is 0 Å². The van der Waals surface area contributed by atoms with Gasteiger partial charge >= 0.3 is 0 Å². The molecule has 8 heteroatoms. The Balaban J connectivity index is 1.35. The molecule has 5 rings (SSSR count). The molecule has 0 amide bonds. The van der Waals surface area contributed by atoms with Gasteiger partial charge in [0.1, 0.15) is 0 Å². The zero-order chi connectivity index (χ0) is 32.7. The molecule has 4 aliphatic carbocycles. The van der Waals surface area contributed by atoms with Crippen molar-refractivity contribution >= 4 is 14.1 Å². The predicted molar refractivity (Wildman–Crippen MR) is 174 cm³/mol. The monoisotopic (exact) mass is 634 g/mol. The SMILES string of the molecule is CC[Si](CC)(CC)OC(C)(C)CC[C@@H](O)[C@](C)(O)[C@H]1CC[C@@]2(O)C3=CC(=O)[C@@H]4C[C@H]5OC(C)(C)O[C@H]5C[C@]4(C)C3CC[C@]12C. The summed E-state index contributed by atoms with van der Waals surface area (Å²) < 4.78 is 19.3. The number of hydrogen-bond acceptors (Lipinski definition) is 7. The first-order chi connectivity index (χ1) is 20.2. The molecule has 44 heavy (non-hydrogen) atoms. The van der Waals surface area contributed by atoms with E-state index in [9.17, 15) is 20.1 Å². The maximum absolute atomic E-state index is 13.8. The molecule has 1 aliphatic heterocycles. The zero-order valence-corrected chi connectivity index (χ0v) is 30.3. The van der Waals surface area contributed by atoms with Crippen LogP contribution in [0.4, 0.5) is 0 Å². The van der Waals surface area contributed by atoms with Gasteiger partial charge in [-0.3, -0.25) is 4.79 Å². The summed E-state index contributed by atoms with van der Waals surface area (Å²) in [7, 11) is -1.82. The molecule has 3 N–H and O–H groups in total. The fourth-order valence-corrected chi connectivity index (χ4v) is 14.1. The van der Waals surface area contributed by atoms with Crippen LogP contribution in [0, 0.1) is 28.6 Å². The molecule has 1 saturated heterocycles. The standard InChI is InChI=1S/C36H62O7Si/c1-11-44(12-2,13-3)43-31(4,5)17-16-30(38)35(10,39)29-15-19-36(40)24-20-26(37)25-21-27-28(42-32(6,7)41-27)22-33(25,8)23(24)14-18-34(29,36)9/h20,23,25,27-30,38-40H,11-19,21-22H2,1-10H3/t23?,25-,27+,28-,29-,30+,33+,34+,35+,36+/m0/s1. The van der Waals surface area contributed by atoms with E-state index >= 15 is 0 Å². The first-order valence-electron chi connectivity index (χ1n) is 17.7. The zero-order valence-electron chi connectivity index (χ0n) is 29.3. The minimum absolute atomic E-state index is 0.0541. The summed E-state index contributed by atoms with van der Waals surface area (Å²) in [5, 5.41) is 36.3. The minimum atomic E-state index is -1.82. The number of allylic oxidation sites excluding steroid dienone is 1. The number of fused-ring (bicyclic) bond motifs is 6. The van der Waals surface area contributed by atoms with Gasteiger partial charge in [0.25, 0.3) is 0 Å². The molecule has 0 spiro atoms. The Morgan fingerprint density at radius 3 is 2.23 bits per heavy atom. The molecule has 0 aromatic rings. The Bertz CT molecular complexity index is 1140. The van der Waals surface area contributed by atoms with Crippen LogP contribution in [-0.2, 0) is 18.7 Å². The third kappa shape index (κ3) is 5.34. The van der Waals surface area contributed by atoms with E-state index in [4.69, 9.17) is 13.9 Å². The summed E-state index contributed by atoms with van der Waals surface area (Å²) in [5.41, 5.74) is -3.09. The lowest BCUT2D eigenvalue weighted by Gasteiger charge is -2.60. The topological polar surface area (TPSA) is 105 Å². The predicted octanol–water partition coefficient (Wildman–Crippen LogP) is 6.68. The van der Waals surface area contributed by atoms with Crippen molar-refractivity contribution in [2.75, 3.05) is 0 Å². The fourth-order valence-electron chi connectivity index (χ4n) is 10.9. The highest BCUT2D eigenvalue weighted by molar-refractivity contribution is 6.73. The molecule has 3 saturated carbocycles. The van der Waals surface area contributed by atoms with Crippen LogP contribution in [0.3, 0.4) is 0 Å². The fraction of sp³-hybridized carbons (Fsp3) is 0.917. The van der Waals surface area contributed by atoms with Gasteiger partial charge in [-0.2, -0.15) is 0 Å². The molecule has 0 bridgehead atoms. The average molecular weight is 635 g/mol. The number of hydrogen-bond donors (Lipinski definition) is 3. The second-order valence-electron chi connectivity index (χ2n) is 17.1. The number of aliphatic hydroxyl groups is 3. The highest BCUT2D eigenvalue weighted by Gasteiger charge is 2.69. The van der Waals surface area contributed by atoms with Crippen molar-refractivity contribution in [1.82, 2.24) is 0 Å². The largest absolute Gasteiger partial charge is 0.412 e. The van der Waals surface area contributed by atoms with Gasteiger partial charge in [0.05, 0.1) is 35.1 Å². The number of carbonyl (C=O) groups is 1. The maximum atomic E-state index is 13.8. The van der Waals surface area contributed by atoms with Crippen LogP contribution in [0.2, 0.25) is 18.1 Å². The van der Waals surface area contributed by atoms with Gasteiger partial charge in [-0.15, -0.1) is 0 Å². The quantitative estimate of drug-likeness (QED) is 0.230. The van der Waals surface area contributed by atoms with Gasteiger partial charge in [0.2, 0.25) is 0 Å². The van der Waals surface area contributed by atoms with Crippen LogP contribution in [-0.4, -0.2) is 70.3 Å². The van der Waals surface area contributed by atoms with Crippen molar-refractivity contribution in [3.63, 3.8) is 0 Å². The Morgan fingerprint density at radius 1 is 1.00 bits per heavy atom. The van der Waals surface area contributed by atoms with Gasteiger partial charge in [0, 0.05) is 11.3 Å². The van der Waals surface area contributed by atoms with Crippen molar-refractivity contribution in [2.24, 2.45) is 28.6 Å².